The smallest absolute Gasteiger partial charge is 0.182 e. The second kappa shape index (κ2) is 6.99. The van der Waals surface area contributed by atoms with Crippen LogP contribution in [0.25, 0.3) is 0 Å². The molecule has 0 spiro atoms. The Balaban J connectivity index is 2.70. The van der Waals surface area contributed by atoms with Crippen LogP contribution in [-0.4, -0.2) is 25.0 Å². The highest BCUT2D eigenvalue weighted by Crippen LogP contribution is 2.29. The van der Waals surface area contributed by atoms with Gasteiger partial charge in [-0.2, -0.15) is 0 Å². The summed E-state index contributed by atoms with van der Waals surface area (Å²) in [6.45, 7) is 4.09. The molecule has 1 heterocycles. The number of hydrogen-bond donors (Lipinski definition) is 0. The lowest BCUT2D eigenvalue weighted by Crippen LogP contribution is -2.06. The van der Waals surface area contributed by atoms with Gasteiger partial charge in [-0.15, -0.1) is 0 Å². The largest absolute Gasteiger partial charge is 0.493 e. The number of hydrogen-bond acceptors (Lipinski definition) is 4. The number of methoxy groups -OCH3 is 2. The predicted molar refractivity (Wildman–Crippen MR) is 70.1 cm³/mol. The van der Waals surface area contributed by atoms with Crippen molar-refractivity contribution in [3.8, 4) is 11.5 Å². The summed E-state index contributed by atoms with van der Waals surface area (Å²) in [4.78, 5) is 15.9. The van der Waals surface area contributed by atoms with E-state index in [1.54, 1.807) is 26.5 Å². The van der Waals surface area contributed by atoms with Crippen molar-refractivity contribution in [3.63, 3.8) is 0 Å². The van der Waals surface area contributed by atoms with Gasteiger partial charge in [0.25, 0.3) is 0 Å². The van der Waals surface area contributed by atoms with Crippen molar-refractivity contribution in [2.75, 3.05) is 14.2 Å². The summed E-state index contributed by atoms with van der Waals surface area (Å²) < 4.78 is 10.5. The summed E-state index contributed by atoms with van der Waals surface area (Å²) in [5.74, 6) is 1.94. The minimum Gasteiger partial charge on any atom is -0.493 e. The van der Waals surface area contributed by atoms with E-state index in [1.165, 1.54) is 0 Å². The molecule has 1 aromatic heterocycles. The third-order valence-corrected chi connectivity index (χ3v) is 2.64. The SMILES string of the molecule is COc1ccnc(CCC(=O)CC(C)C)c1OC. The molecular formula is C14H21NO3. The Bertz CT molecular complexity index is 402. The topological polar surface area (TPSA) is 48.4 Å². The van der Waals surface area contributed by atoms with Crippen LogP contribution < -0.4 is 9.47 Å². The zero-order valence-electron chi connectivity index (χ0n) is 11.5. The highest BCUT2D eigenvalue weighted by Gasteiger charge is 2.13. The van der Waals surface area contributed by atoms with Crippen molar-refractivity contribution in [1.29, 1.82) is 0 Å². The number of aryl methyl sites for hydroxylation is 1. The number of ether oxygens (including phenoxy) is 2. The maximum Gasteiger partial charge on any atom is 0.182 e. The Morgan fingerprint density at radius 1 is 1.33 bits per heavy atom. The van der Waals surface area contributed by atoms with Crippen molar-refractivity contribution in [1.82, 2.24) is 4.98 Å². The minimum atomic E-state index is 0.261. The molecule has 4 heteroatoms. The van der Waals surface area contributed by atoms with Gasteiger partial charge in [-0.1, -0.05) is 13.8 Å². The standard InChI is InChI=1S/C14H21NO3/c1-10(2)9-11(16)5-6-12-14(18-4)13(17-3)7-8-15-12/h7-8,10H,5-6,9H2,1-4H3. The van der Waals surface area contributed by atoms with Gasteiger partial charge in [-0.25, -0.2) is 0 Å². The third kappa shape index (κ3) is 4.02. The molecule has 0 radical (unpaired) electrons. The van der Waals surface area contributed by atoms with E-state index in [0.29, 0.717) is 36.7 Å². The number of carbonyl (C=O) groups excluding carboxylic acids is 1. The fourth-order valence-corrected chi connectivity index (χ4v) is 1.84. The summed E-state index contributed by atoms with van der Waals surface area (Å²) in [6, 6.07) is 1.75. The summed E-state index contributed by atoms with van der Waals surface area (Å²) in [5, 5.41) is 0. The fraction of sp³-hybridized carbons (Fsp3) is 0.571. The molecule has 4 nitrogen and oxygen atoms in total. The summed E-state index contributed by atoms with van der Waals surface area (Å²) in [5.41, 5.74) is 0.772. The van der Waals surface area contributed by atoms with E-state index in [4.69, 9.17) is 9.47 Å². The lowest BCUT2D eigenvalue weighted by Gasteiger charge is -2.11. The maximum absolute atomic E-state index is 11.7. The van der Waals surface area contributed by atoms with E-state index in [0.717, 1.165) is 5.69 Å². The van der Waals surface area contributed by atoms with E-state index >= 15 is 0 Å². The first-order valence-electron chi connectivity index (χ1n) is 6.16. The lowest BCUT2D eigenvalue weighted by atomic mass is 10.0. The van der Waals surface area contributed by atoms with Crippen LogP contribution in [0.1, 0.15) is 32.4 Å². The molecule has 1 rings (SSSR count). The number of nitrogens with zero attached hydrogens (tertiary/aromatic N) is 1. The van der Waals surface area contributed by atoms with Crippen LogP contribution >= 0.6 is 0 Å². The highest BCUT2D eigenvalue weighted by molar-refractivity contribution is 5.78. The third-order valence-electron chi connectivity index (χ3n) is 2.64. The van der Waals surface area contributed by atoms with Crippen LogP contribution in [0, 0.1) is 5.92 Å². The first kappa shape index (κ1) is 14.5. The van der Waals surface area contributed by atoms with Crippen LogP contribution in [0.2, 0.25) is 0 Å². The first-order chi connectivity index (χ1) is 8.58. The van der Waals surface area contributed by atoms with Crippen molar-refractivity contribution >= 4 is 5.78 Å². The van der Waals surface area contributed by atoms with Crippen LogP contribution in [0.15, 0.2) is 12.3 Å². The van der Waals surface area contributed by atoms with Gasteiger partial charge in [-0.05, 0) is 5.92 Å². The number of aromatic nitrogens is 1. The van der Waals surface area contributed by atoms with Gasteiger partial charge in [0.15, 0.2) is 11.5 Å². The predicted octanol–water partition coefficient (Wildman–Crippen LogP) is 2.65. The lowest BCUT2D eigenvalue weighted by molar-refractivity contribution is -0.119. The minimum absolute atomic E-state index is 0.261. The number of carbonyl (C=O) groups is 1. The second-order valence-electron chi connectivity index (χ2n) is 4.63. The van der Waals surface area contributed by atoms with E-state index < -0.39 is 0 Å². The van der Waals surface area contributed by atoms with E-state index in [2.05, 4.69) is 4.98 Å². The second-order valence-corrected chi connectivity index (χ2v) is 4.63. The molecule has 0 unspecified atom stereocenters. The van der Waals surface area contributed by atoms with Gasteiger partial charge in [-0.3, -0.25) is 9.78 Å². The van der Waals surface area contributed by atoms with Crippen LogP contribution in [-0.2, 0) is 11.2 Å². The van der Waals surface area contributed by atoms with E-state index in [1.807, 2.05) is 13.8 Å². The van der Waals surface area contributed by atoms with Crippen molar-refractivity contribution in [2.45, 2.75) is 33.1 Å². The Morgan fingerprint density at radius 3 is 2.61 bits per heavy atom. The number of ketones is 1. The monoisotopic (exact) mass is 251 g/mol. The molecular weight excluding hydrogens is 230 g/mol. The van der Waals surface area contributed by atoms with Gasteiger partial charge < -0.3 is 9.47 Å². The molecule has 0 bridgehead atoms. The van der Waals surface area contributed by atoms with Gasteiger partial charge in [0.2, 0.25) is 0 Å². The van der Waals surface area contributed by atoms with E-state index in [9.17, 15) is 4.79 Å². The molecule has 0 saturated carbocycles. The van der Waals surface area contributed by atoms with Gasteiger partial charge in [0.05, 0.1) is 19.9 Å². The van der Waals surface area contributed by atoms with Crippen LogP contribution in [0.5, 0.6) is 11.5 Å². The molecule has 0 atom stereocenters. The Labute approximate surface area is 108 Å². The molecule has 1 aromatic rings. The summed E-state index contributed by atoms with van der Waals surface area (Å²) >= 11 is 0. The van der Waals surface area contributed by atoms with Gasteiger partial charge in [0, 0.05) is 31.5 Å². The highest BCUT2D eigenvalue weighted by atomic mass is 16.5. The van der Waals surface area contributed by atoms with Gasteiger partial charge >= 0.3 is 0 Å². The molecule has 0 aliphatic heterocycles. The van der Waals surface area contributed by atoms with Crippen LogP contribution in [0.4, 0.5) is 0 Å². The summed E-state index contributed by atoms with van der Waals surface area (Å²) in [6.07, 6.45) is 3.37. The molecule has 0 aliphatic carbocycles. The van der Waals surface area contributed by atoms with Gasteiger partial charge in [0.1, 0.15) is 5.78 Å². The zero-order chi connectivity index (χ0) is 13.5. The number of rotatable bonds is 7. The Kier molecular flexibility index (Phi) is 5.62. The molecule has 18 heavy (non-hydrogen) atoms. The normalized spacial score (nSPS) is 10.5. The molecule has 100 valence electrons. The fourth-order valence-electron chi connectivity index (χ4n) is 1.84. The zero-order valence-corrected chi connectivity index (χ0v) is 11.5. The molecule has 0 N–H and O–H groups in total. The van der Waals surface area contributed by atoms with E-state index in [-0.39, 0.29) is 5.78 Å². The van der Waals surface area contributed by atoms with Crippen LogP contribution in [0.3, 0.4) is 0 Å². The molecule has 0 fully saturated rings. The average Bonchev–Trinajstić information content (AvgIpc) is 2.34. The Morgan fingerprint density at radius 2 is 2.06 bits per heavy atom. The number of pyridine rings is 1. The van der Waals surface area contributed by atoms with Crippen molar-refractivity contribution in [3.05, 3.63) is 18.0 Å². The quantitative estimate of drug-likeness (QED) is 0.747. The maximum atomic E-state index is 11.7. The Hall–Kier alpha value is -1.58. The summed E-state index contributed by atoms with van der Waals surface area (Å²) in [7, 11) is 3.17. The van der Waals surface area contributed by atoms with Crippen molar-refractivity contribution < 1.29 is 14.3 Å². The molecule has 0 aliphatic rings. The average molecular weight is 251 g/mol. The molecule has 0 saturated heterocycles. The first-order valence-corrected chi connectivity index (χ1v) is 6.16. The molecule has 0 aromatic carbocycles. The molecule has 0 amide bonds. The van der Waals surface area contributed by atoms with Crippen molar-refractivity contribution in [2.24, 2.45) is 5.92 Å². The number of Topliss-reactive ketones (excluding diaryl/α,β-unsaturated/α-hetero) is 1.